The number of likely N-dealkylation sites (tertiary alicyclic amines) is 1. The number of ether oxygens (including phenoxy) is 1. The van der Waals surface area contributed by atoms with Crippen LogP contribution in [0.1, 0.15) is 37.7 Å². The number of nitrogens with one attached hydrogen (secondary N) is 1. The number of anilines is 1. The molecule has 5 heteroatoms. The van der Waals surface area contributed by atoms with Crippen LogP contribution in [-0.4, -0.2) is 43.7 Å². The Morgan fingerprint density at radius 2 is 1.87 bits per heavy atom. The Kier molecular flexibility index (Phi) is 7.52. The molecule has 1 amide bonds. The zero-order valence-electron chi connectivity index (χ0n) is 14.1. The lowest BCUT2D eigenvalue weighted by atomic mass is 10.1. The van der Waals surface area contributed by atoms with Gasteiger partial charge in [-0.15, -0.1) is 0 Å². The second kappa shape index (κ2) is 9.65. The Morgan fingerprint density at radius 3 is 2.43 bits per heavy atom. The molecular formula is C18H29N3O2. The fourth-order valence-corrected chi connectivity index (χ4v) is 2.93. The molecule has 1 fully saturated rings. The van der Waals surface area contributed by atoms with E-state index < -0.39 is 0 Å². The molecule has 1 aliphatic rings. The van der Waals surface area contributed by atoms with Gasteiger partial charge in [0.15, 0.2) is 0 Å². The van der Waals surface area contributed by atoms with E-state index >= 15 is 0 Å². The van der Waals surface area contributed by atoms with Crippen LogP contribution < -0.4 is 11.1 Å². The van der Waals surface area contributed by atoms with Gasteiger partial charge in [-0.2, -0.15) is 0 Å². The first kappa shape index (κ1) is 17.9. The van der Waals surface area contributed by atoms with Gasteiger partial charge in [0, 0.05) is 25.9 Å². The van der Waals surface area contributed by atoms with Gasteiger partial charge in [-0.3, -0.25) is 9.69 Å². The van der Waals surface area contributed by atoms with Crippen molar-refractivity contribution in [2.75, 3.05) is 32.1 Å². The summed E-state index contributed by atoms with van der Waals surface area (Å²) in [5, 5.41) is 2.89. The van der Waals surface area contributed by atoms with Crippen molar-refractivity contribution in [3.05, 3.63) is 29.8 Å². The maximum atomic E-state index is 11.9. The molecule has 1 aliphatic heterocycles. The fourth-order valence-electron chi connectivity index (χ4n) is 2.93. The Morgan fingerprint density at radius 1 is 1.22 bits per heavy atom. The minimum atomic E-state index is -0.225. The van der Waals surface area contributed by atoms with Crippen molar-refractivity contribution in [3.8, 4) is 0 Å². The highest BCUT2D eigenvalue weighted by Crippen LogP contribution is 2.15. The summed E-state index contributed by atoms with van der Waals surface area (Å²) < 4.78 is 5.13. The van der Waals surface area contributed by atoms with Gasteiger partial charge in [0.2, 0.25) is 5.91 Å². The van der Waals surface area contributed by atoms with Crippen molar-refractivity contribution in [3.63, 3.8) is 0 Å². The molecule has 1 saturated heterocycles. The summed E-state index contributed by atoms with van der Waals surface area (Å²) in [7, 11) is 1.57. The Balaban J connectivity index is 1.82. The largest absolute Gasteiger partial charge is 0.380 e. The molecule has 0 radical (unpaired) electrons. The molecule has 5 nitrogen and oxygen atoms in total. The van der Waals surface area contributed by atoms with Crippen LogP contribution in [0.25, 0.3) is 0 Å². The smallest absolute Gasteiger partial charge is 0.227 e. The average molecular weight is 319 g/mol. The second-order valence-electron chi connectivity index (χ2n) is 6.23. The fraction of sp³-hybridized carbons (Fsp3) is 0.611. The van der Waals surface area contributed by atoms with Crippen LogP contribution in [0, 0.1) is 0 Å². The maximum absolute atomic E-state index is 11.9. The first-order valence-corrected chi connectivity index (χ1v) is 8.55. The molecule has 1 aromatic rings. The first-order chi connectivity index (χ1) is 11.2. The molecule has 23 heavy (non-hydrogen) atoms. The van der Waals surface area contributed by atoms with Gasteiger partial charge in [0.05, 0.1) is 12.5 Å². The van der Waals surface area contributed by atoms with Gasteiger partial charge in [0.1, 0.15) is 0 Å². The summed E-state index contributed by atoms with van der Waals surface area (Å²) in [6.45, 7) is 3.72. The lowest BCUT2D eigenvalue weighted by molar-refractivity contribution is -0.118. The molecule has 128 valence electrons. The quantitative estimate of drug-likeness (QED) is 0.809. The van der Waals surface area contributed by atoms with Crippen LogP contribution in [0.3, 0.4) is 0 Å². The minimum Gasteiger partial charge on any atom is -0.380 e. The monoisotopic (exact) mass is 319 g/mol. The van der Waals surface area contributed by atoms with Crippen LogP contribution in [0.4, 0.5) is 5.69 Å². The molecule has 0 saturated carbocycles. The number of amides is 1. The third kappa shape index (κ3) is 6.29. The van der Waals surface area contributed by atoms with Crippen LogP contribution in [0.15, 0.2) is 24.3 Å². The summed E-state index contributed by atoms with van der Waals surface area (Å²) in [6.07, 6.45) is 5.37. The molecule has 0 aliphatic carbocycles. The van der Waals surface area contributed by atoms with E-state index in [2.05, 4.69) is 22.3 Å². The number of hydrogen-bond donors (Lipinski definition) is 2. The molecular weight excluding hydrogens is 290 g/mol. The maximum Gasteiger partial charge on any atom is 0.227 e. The number of rotatable bonds is 7. The van der Waals surface area contributed by atoms with Crippen molar-refractivity contribution >= 4 is 11.6 Å². The number of nitrogens with two attached hydrogens (primary N) is 1. The number of carbonyl (C=O) groups excluding carboxylic acids is 1. The zero-order chi connectivity index (χ0) is 16.5. The molecule has 1 atom stereocenters. The summed E-state index contributed by atoms with van der Waals surface area (Å²) in [4.78, 5) is 14.4. The van der Waals surface area contributed by atoms with Crippen molar-refractivity contribution in [2.24, 2.45) is 5.73 Å². The summed E-state index contributed by atoms with van der Waals surface area (Å²) in [5.41, 5.74) is 7.65. The van der Waals surface area contributed by atoms with Gasteiger partial charge in [0.25, 0.3) is 0 Å². The van der Waals surface area contributed by atoms with E-state index in [1.807, 2.05) is 12.1 Å². The van der Waals surface area contributed by atoms with Crippen LogP contribution >= 0.6 is 0 Å². The van der Waals surface area contributed by atoms with E-state index in [0.717, 1.165) is 12.2 Å². The van der Waals surface area contributed by atoms with E-state index in [0.29, 0.717) is 6.54 Å². The van der Waals surface area contributed by atoms with Gasteiger partial charge < -0.3 is 15.8 Å². The molecule has 0 spiro atoms. The highest BCUT2D eigenvalue weighted by molar-refractivity contribution is 5.91. The van der Waals surface area contributed by atoms with Crippen LogP contribution in [0.5, 0.6) is 0 Å². The van der Waals surface area contributed by atoms with Crippen molar-refractivity contribution in [2.45, 2.75) is 44.8 Å². The van der Waals surface area contributed by atoms with E-state index in [9.17, 15) is 4.79 Å². The van der Waals surface area contributed by atoms with Crippen molar-refractivity contribution < 1.29 is 9.53 Å². The van der Waals surface area contributed by atoms with E-state index in [4.69, 9.17) is 10.5 Å². The SMILES string of the molecule is COC(CN)CC(=O)Nc1ccc(CN2CCCCCC2)cc1. The third-order valence-electron chi connectivity index (χ3n) is 4.35. The van der Waals surface area contributed by atoms with E-state index in [1.54, 1.807) is 7.11 Å². The highest BCUT2D eigenvalue weighted by atomic mass is 16.5. The predicted molar refractivity (Wildman–Crippen MR) is 93.3 cm³/mol. The molecule has 0 bridgehead atoms. The molecule has 3 N–H and O–H groups in total. The van der Waals surface area contributed by atoms with E-state index in [1.165, 1.54) is 44.3 Å². The minimum absolute atomic E-state index is 0.0671. The first-order valence-electron chi connectivity index (χ1n) is 8.55. The van der Waals surface area contributed by atoms with Gasteiger partial charge >= 0.3 is 0 Å². The Labute approximate surface area is 139 Å². The van der Waals surface area contributed by atoms with Gasteiger partial charge in [-0.25, -0.2) is 0 Å². The normalized spacial score (nSPS) is 17.5. The average Bonchev–Trinajstić information content (AvgIpc) is 2.83. The standard InChI is InChI=1S/C18H29N3O2/c1-23-17(13-19)12-18(22)20-16-8-6-15(7-9-16)14-21-10-4-2-3-5-11-21/h6-9,17H,2-5,10-14,19H2,1H3,(H,20,22). The van der Waals surface area contributed by atoms with Gasteiger partial charge in [-0.05, 0) is 43.6 Å². The molecule has 0 aromatic heterocycles. The molecule has 1 unspecified atom stereocenters. The molecule has 2 rings (SSSR count). The number of carbonyl (C=O) groups is 1. The lowest BCUT2D eigenvalue weighted by Gasteiger charge is -2.20. The predicted octanol–water partition coefficient (Wildman–Crippen LogP) is 2.36. The lowest BCUT2D eigenvalue weighted by Crippen LogP contribution is -2.28. The third-order valence-corrected chi connectivity index (χ3v) is 4.35. The van der Waals surface area contributed by atoms with Crippen molar-refractivity contribution in [1.29, 1.82) is 0 Å². The highest BCUT2D eigenvalue weighted by Gasteiger charge is 2.12. The number of benzene rings is 1. The van der Waals surface area contributed by atoms with E-state index in [-0.39, 0.29) is 18.4 Å². The number of nitrogens with zero attached hydrogens (tertiary/aromatic N) is 1. The van der Waals surface area contributed by atoms with Crippen LogP contribution in [0.2, 0.25) is 0 Å². The van der Waals surface area contributed by atoms with Crippen LogP contribution in [-0.2, 0) is 16.1 Å². The summed E-state index contributed by atoms with van der Waals surface area (Å²) in [5.74, 6) is -0.0671. The topological polar surface area (TPSA) is 67.6 Å². The Bertz CT molecular complexity index is 464. The van der Waals surface area contributed by atoms with Crippen molar-refractivity contribution in [1.82, 2.24) is 4.90 Å². The second-order valence-corrected chi connectivity index (χ2v) is 6.23. The summed E-state index contributed by atoms with van der Waals surface area (Å²) >= 11 is 0. The number of hydrogen-bond acceptors (Lipinski definition) is 4. The molecule has 1 aromatic carbocycles. The van der Waals surface area contributed by atoms with Gasteiger partial charge in [-0.1, -0.05) is 25.0 Å². The number of methoxy groups -OCH3 is 1. The summed E-state index contributed by atoms with van der Waals surface area (Å²) in [6, 6.07) is 8.12. The molecule has 1 heterocycles. The zero-order valence-corrected chi connectivity index (χ0v) is 14.1. The Hall–Kier alpha value is -1.43.